The van der Waals surface area contributed by atoms with Crippen molar-refractivity contribution in [2.24, 2.45) is 4.99 Å². The Balaban J connectivity index is 2.10. The Morgan fingerprint density at radius 3 is 2.19 bits per heavy atom. The van der Waals surface area contributed by atoms with Gasteiger partial charge in [-0.15, -0.1) is 0 Å². The molecule has 1 saturated heterocycles. The van der Waals surface area contributed by atoms with Gasteiger partial charge in [0.2, 0.25) is 6.08 Å². The van der Waals surface area contributed by atoms with Gasteiger partial charge < -0.3 is 4.90 Å². The van der Waals surface area contributed by atoms with Gasteiger partial charge in [-0.1, -0.05) is 12.8 Å². The zero-order valence-corrected chi connectivity index (χ0v) is 9.35. The highest BCUT2D eigenvalue weighted by molar-refractivity contribution is 5.56. The Morgan fingerprint density at radius 1 is 1.00 bits per heavy atom. The van der Waals surface area contributed by atoms with Gasteiger partial charge in [-0.25, -0.2) is 4.79 Å². The number of anilines is 1. The van der Waals surface area contributed by atoms with E-state index in [9.17, 15) is 4.79 Å². The minimum atomic E-state index is 0.675. The first kappa shape index (κ1) is 10.9. The first-order chi connectivity index (χ1) is 7.90. The van der Waals surface area contributed by atoms with Crippen molar-refractivity contribution < 1.29 is 4.79 Å². The maximum absolute atomic E-state index is 10.1. The molecule has 0 N–H and O–H groups in total. The lowest BCUT2D eigenvalue weighted by Crippen LogP contribution is -2.23. The van der Waals surface area contributed by atoms with E-state index in [1.807, 2.05) is 24.3 Å². The molecular weight excluding hydrogens is 200 g/mol. The van der Waals surface area contributed by atoms with E-state index < -0.39 is 0 Å². The Labute approximate surface area is 95.8 Å². The molecule has 1 aliphatic rings. The quantitative estimate of drug-likeness (QED) is 0.562. The lowest BCUT2D eigenvalue weighted by atomic mass is 10.2. The number of benzene rings is 1. The highest BCUT2D eigenvalue weighted by atomic mass is 16.1. The SMILES string of the molecule is O=C=Nc1ccc(N2CCCCCC2)cc1. The van der Waals surface area contributed by atoms with Gasteiger partial charge in [-0.05, 0) is 37.1 Å². The zero-order valence-electron chi connectivity index (χ0n) is 9.35. The van der Waals surface area contributed by atoms with Crippen LogP contribution in [0.1, 0.15) is 25.7 Å². The average molecular weight is 216 g/mol. The molecule has 3 heteroatoms. The summed E-state index contributed by atoms with van der Waals surface area (Å²) in [6, 6.07) is 7.79. The van der Waals surface area contributed by atoms with Crippen LogP contribution in [0, 0.1) is 0 Å². The number of isocyanates is 1. The molecular formula is C13H16N2O. The van der Waals surface area contributed by atoms with Gasteiger partial charge in [0, 0.05) is 18.8 Å². The van der Waals surface area contributed by atoms with Crippen LogP contribution in [0.25, 0.3) is 0 Å². The predicted molar refractivity (Wildman–Crippen MR) is 64.9 cm³/mol. The molecule has 2 rings (SSSR count). The van der Waals surface area contributed by atoms with E-state index in [0.29, 0.717) is 5.69 Å². The fraction of sp³-hybridized carbons (Fsp3) is 0.462. The predicted octanol–water partition coefficient (Wildman–Crippen LogP) is 3.03. The lowest BCUT2D eigenvalue weighted by molar-refractivity contribution is 0.565. The average Bonchev–Trinajstić information content (AvgIpc) is 2.59. The molecule has 0 atom stereocenters. The standard InChI is InChI=1S/C13H16N2O/c16-11-14-12-5-7-13(8-6-12)15-9-3-1-2-4-10-15/h5-8H,1-4,9-10H2. The van der Waals surface area contributed by atoms with Gasteiger partial charge in [0.15, 0.2) is 0 Å². The van der Waals surface area contributed by atoms with Crippen LogP contribution in [-0.2, 0) is 4.79 Å². The highest BCUT2D eigenvalue weighted by Crippen LogP contribution is 2.22. The van der Waals surface area contributed by atoms with Gasteiger partial charge in [-0.2, -0.15) is 4.99 Å². The van der Waals surface area contributed by atoms with E-state index in [1.54, 1.807) is 6.08 Å². The molecule has 0 unspecified atom stereocenters. The molecule has 0 aromatic heterocycles. The van der Waals surface area contributed by atoms with E-state index in [1.165, 1.54) is 31.4 Å². The summed E-state index contributed by atoms with van der Waals surface area (Å²) in [5.41, 5.74) is 1.90. The van der Waals surface area contributed by atoms with Gasteiger partial charge >= 0.3 is 0 Å². The smallest absolute Gasteiger partial charge is 0.240 e. The van der Waals surface area contributed by atoms with Crippen LogP contribution in [0.4, 0.5) is 11.4 Å². The Bertz CT molecular complexity index is 371. The molecule has 0 spiro atoms. The minimum absolute atomic E-state index is 0.675. The van der Waals surface area contributed by atoms with Crippen LogP contribution in [0.5, 0.6) is 0 Å². The monoisotopic (exact) mass is 216 g/mol. The molecule has 16 heavy (non-hydrogen) atoms. The molecule has 1 fully saturated rings. The molecule has 84 valence electrons. The van der Waals surface area contributed by atoms with Crippen molar-refractivity contribution in [3.63, 3.8) is 0 Å². The van der Waals surface area contributed by atoms with Crippen molar-refractivity contribution in [2.45, 2.75) is 25.7 Å². The van der Waals surface area contributed by atoms with Crippen molar-refractivity contribution >= 4 is 17.5 Å². The summed E-state index contributed by atoms with van der Waals surface area (Å²) in [5.74, 6) is 0. The van der Waals surface area contributed by atoms with Gasteiger partial charge in [-0.3, -0.25) is 0 Å². The number of nitrogens with zero attached hydrogens (tertiary/aromatic N) is 2. The van der Waals surface area contributed by atoms with Gasteiger partial charge in [0.25, 0.3) is 0 Å². The molecule has 1 aliphatic heterocycles. The normalized spacial score (nSPS) is 16.4. The molecule has 1 aromatic carbocycles. The maximum Gasteiger partial charge on any atom is 0.240 e. The third-order valence-corrected chi connectivity index (χ3v) is 3.00. The lowest BCUT2D eigenvalue weighted by Gasteiger charge is -2.22. The Kier molecular flexibility index (Phi) is 3.73. The Morgan fingerprint density at radius 2 is 1.62 bits per heavy atom. The van der Waals surface area contributed by atoms with Crippen LogP contribution < -0.4 is 4.90 Å². The molecule has 1 heterocycles. The van der Waals surface area contributed by atoms with Crippen LogP contribution in [0.2, 0.25) is 0 Å². The maximum atomic E-state index is 10.1. The number of aliphatic imine (C=N–C) groups is 1. The summed E-state index contributed by atoms with van der Waals surface area (Å²) in [6.45, 7) is 2.27. The molecule has 0 bridgehead atoms. The highest BCUT2D eigenvalue weighted by Gasteiger charge is 2.09. The number of hydrogen-bond acceptors (Lipinski definition) is 3. The first-order valence-electron chi connectivity index (χ1n) is 5.83. The van der Waals surface area contributed by atoms with Crippen molar-refractivity contribution in [1.82, 2.24) is 0 Å². The molecule has 0 aliphatic carbocycles. The van der Waals surface area contributed by atoms with Crippen molar-refractivity contribution in [1.29, 1.82) is 0 Å². The minimum Gasteiger partial charge on any atom is -0.372 e. The fourth-order valence-corrected chi connectivity index (χ4v) is 2.12. The second kappa shape index (κ2) is 5.47. The van der Waals surface area contributed by atoms with E-state index in [2.05, 4.69) is 9.89 Å². The number of rotatable bonds is 2. The Hall–Kier alpha value is -1.60. The van der Waals surface area contributed by atoms with Crippen molar-refractivity contribution in [3.8, 4) is 0 Å². The van der Waals surface area contributed by atoms with Crippen LogP contribution in [0.3, 0.4) is 0 Å². The second-order valence-electron chi connectivity index (χ2n) is 4.12. The summed E-state index contributed by atoms with van der Waals surface area (Å²) >= 11 is 0. The topological polar surface area (TPSA) is 32.7 Å². The fourth-order valence-electron chi connectivity index (χ4n) is 2.12. The molecule has 3 nitrogen and oxygen atoms in total. The van der Waals surface area contributed by atoms with Gasteiger partial charge in [0.05, 0.1) is 5.69 Å². The second-order valence-corrected chi connectivity index (χ2v) is 4.12. The van der Waals surface area contributed by atoms with Crippen LogP contribution in [-0.4, -0.2) is 19.2 Å². The summed E-state index contributed by atoms with van der Waals surface area (Å²) in [6.07, 6.45) is 6.77. The van der Waals surface area contributed by atoms with Crippen molar-refractivity contribution in [2.75, 3.05) is 18.0 Å². The molecule has 1 aromatic rings. The molecule has 0 amide bonds. The van der Waals surface area contributed by atoms with E-state index in [4.69, 9.17) is 0 Å². The summed E-state index contributed by atoms with van der Waals surface area (Å²) < 4.78 is 0. The zero-order chi connectivity index (χ0) is 11.2. The third kappa shape index (κ3) is 2.71. The third-order valence-electron chi connectivity index (χ3n) is 3.00. The summed E-state index contributed by atoms with van der Waals surface area (Å²) in [7, 11) is 0. The number of hydrogen-bond donors (Lipinski definition) is 0. The summed E-state index contributed by atoms with van der Waals surface area (Å²) in [4.78, 5) is 16.1. The van der Waals surface area contributed by atoms with Crippen LogP contribution >= 0.6 is 0 Å². The van der Waals surface area contributed by atoms with E-state index in [-0.39, 0.29) is 0 Å². The molecule has 0 radical (unpaired) electrons. The largest absolute Gasteiger partial charge is 0.372 e. The molecule has 0 saturated carbocycles. The van der Waals surface area contributed by atoms with E-state index >= 15 is 0 Å². The van der Waals surface area contributed by atoms with Crippen molar-refractivity contribution in [3.05, 3.63) is 24.3 Å². The first-order valence-corrected chi connectivity index (χ1v) is 5.83. The van der Waals surface area contributed by atoms with Gasteiger partial charge in [0.1, 0.15) is 0 Å². The number of carbonyl (C=O) groups excluding carboxylic acids is 1. The summed E-state index contributed by atoms with van der Waals surface area (Å²) in [5, 5.41) is 0. The van der Waals surface area contributed by atoms with Crippen LogP contribution in [0.15, 0.2) is 29.3 Å². The van der Waals surface area contributed by atoms with E-state index in [0.717, 1.165) is 13.1 Å².